The normalized spacial score (nSPS) is 20.7. The summed E-state index contributed by atoms with van der Waals surface area (Å²) in [6.45, 7) is 9.41. The summed E-state index contributed by atoms with van der Waals surface area (Å²) in [6.07, 6.45) is 6.17. The molecule has 3 atom stereocenters. The number of aromatic nitrogens is 4. The van der Waals surface area contributed by atoms with E-state index in [1.807, 2.05) is 52.2 Å². The third-order valence-electron chi connectivity index (χ3n) is 10.1. The molecule has 14 heteroatoms. The molecule has 0 spiro atoms. The van der Waals surface area contributed by atoms with Crippen LogP contribution in [0.25, 0.3) is 26.5 Å². The van der Waals surface area contributed by atoms with Gasteiger partial charge in [-0.3, -0.25) is 4.90 Å². The molecule has 5 aromatic rings. The van der Waals surface area contributed by atoms with Crippen molar-refractivity contribution in [2.45, 2.75) is 62.2 Å². The predicted octanol–water partition coefficient (Wildman–Crippen LogP) is 5.90. The zero-order valence-electron chi connectivity index (χ0n) is 28.8. The van der Waals surface area contributed by atoms with Crippen LogP contribution < -0.4 is 9.64 Å². The molecule has 2 unspecified atom stereocenters. The standard InChI is InChI=1S/C38H39N7O6S/c1-39-21-27-23-43(18-19-44(27)38(46)50-24-25-9-4-3-5-10-25)35-29-15-17-32(51-36(29)42-37(41-35)52(2,47)48)28-12-8-11-26-14-16-31-30(34(26)28)22-40-45(31)33-13-6-7-20-49-33/h3-5,8-12,14,16,22,27,32-33H,6-7,13,15,17-21,23-24H2,2H3/t27-,32?,33?/m0/s1. The minimum absolute atomic E-state index is 0.0563. The predicted molar refractivity (Wildman–Crippen MR) is 194 cm³/mol. The molecule has 3 aliphatic rings. The molecule has 0 aliphatic carbocycles. The van der Waals surface area contributed by atoms with Gasteiger partial charge in [-0.15, -0.1) is 0 Å². The Kier molecular flexibility index (Phi) is 9.15. The van der Waals surface area contributed by atoms with Crippen molar-refractivity contribution >= 4 is 43.4 Å². The van der Waals surface area contributed by atoms with Crippen LogP contribution in [0, 0.1) is 6.57 Å². The number of hydrogen-bond acceptors (Lipinski definition) is 10. The highest BCUT2D eigenvalue weighted by Crippen LogP contribution is 2.42. The van der Waals surface area contributed by atoms with E-state index in [9.17, 15) is 13.2 Å². The molecule has 2 aromatic heterocycles. The van der Waals surface area contributed by atoms with Crippen LogP contribution in [0.1, 0.15) is 54.7 Å². The molecule has 0 radical (unpaired) electrons. The average Bonchev–Trinajstić information content (AvgIpc) is 3.61. The van der Waals surface area contributed by atoms with Gasteiger partial charge in [-0.05, 0) is 54.5 Å². The first-order valence-corrected chi connectivity index (χ1v) is 19.5. The van der Waals surface area contributed by atoms with Gasteiger partial charge in [0.25, 0.3) is 5.16 Å². The minimum atomic E-state index is -3.82. The van der Waals surface area contributed by atoms with Crippen LogP contribution in [0.15, 0.2) is 72.0 Å². The Hall–Kier alpha value is -5.26. The second-order valence-corrected chi connectivity index (χ2v) is 15.5. The van der Waals surface area contributed by atoms with Crippen LogP contribution in [-0.2, 0) is 32.3 Å². The van der Waals surface area contributed by atoms with Crippen molar-refractivity contribution in [2.75, 3.05) is 43.9 Å². The van der Waals surface area contributed by atoms with Gasteiger partial charge in [-0.2, -0.15) is 10.1 Å². The molecule has 3 aromatic carbocycles. The third kappa shape index (κ3) is 6.50. The zero-order valence-corrected chi connectivity index (χ0v) is 29.7. The number of sulfone groups is 1. The van der Waals surface area contributed by atoms with Crippen LogP contribution in [-0.4, -0.2) is 84.2 Å². The average molecular weight is 722 g/mol. The summed E-state index contributed by atoms with van der Waals surface area (Å²) in [7, 11) is -3.82. The maximum absolute atomic E-state index is 13.2. The van der Waals surface area contributed by atoms with E-state index in [1.54, 1.807) is 4.90 Å². The molecule has 2 saturated heterocycles. The summed E-state index contributed by atoms with van der Waals surface area (Å²) in [5.74, 6) is 0.675. The Morgan fingerprint density at radius 2 is 1.90 bits per heavy atom. The maximum Gasteiger partial charge on any atom is 0.410 e. The van der Waals surface area contributed by atoms with E-state index in [0.29, 0.717) is 30.8 Å². The number of rotatable bonds is 7. The fraction of sp³-hybridized carbons (Fsp3) is 0.395. The van der Waals surface area contributed by atoms with Crippen molar-refractivity contribution in [1.82, 2.24) is 24.6 Å². The van der Waals surface area contributed by atoms with E-state index >= 15 is 0 Å². The van der Waals surface area contributed by atoms with Crippen molar-refractivity contribution in [2.24, 2.45) is 0 Å². The van der Waals surface area contributed by atoms with Crippen molar-refractivity contribution in [3.8, 4) is 5.88 Å². The van der Waals surface area contributed by atoms with Crippen LogP contribution >= 0.6 is 0 Å². The smallest absolute Gasteiger partial charge is 0.410 e. The Morgan fingerprint density at radius 1 is 1.04 bits per heavy atom. The molecule has 8 rings (SSSR count). The largest absolute Gasteiger partial charge is 0.469 e. The van der Waals surface area contributed by atoms with Gasteiger partial charge in [-0.25, -0.2) is 29.5 Å². The summed E-state index contributed by atoms with van der Waals surface area (Å²) < 4.78 is 46.2. The second-order valence-electron chi connectivity index (χ2n) is 13.6. The van der Waals surface area contributed by atoms with Crippen LogP contribution in [0.2, 0.25) is 0 Å². The number of carbonyl (C=O) groups excluding carboxylic acids is 1. The summed E-state index contributed by atoms with van der Waals surface area (Å²) in [5.41, 5.74) is 3.54. The Bertz CT molecular complexity index is 2280. The Morgan fingerprint density at radius 3 is 2.69 bits per heavy atom. The minimum Gasteiger partial charge on any atom is -0.469 e. The highest BCUT2D eigenvalue weighted by molar-refractivity contribution is 7.90. The SMILES string of the molecule is [C-]#[N+]C[C@H]1CN(c2nc(S(C)(=O)=O)nc3c2CCC(c2cccc4ccc5c(cnn5C5CCCCO5)c24)O3)CCN1C(=O)OCc1ccccc1. The van der Waals surface area contributed by atoms with E-state index < -0.39 is 28.1 Å². The maximum atomic E-state index is 13.2. The fourth-order valence-electron chi connectivity index (χ4n) is 7.57. The van der Waals surface area contributed by atoms with Crippen LogP contribution in [0.4, 0.5) is 10.6 Å². The van der Waals surface area contributed by atoms with Gasteiger partial charge in [0.05, 0.1) is 17.3 Å². The van der Waals surface area contributed by atoms with Gasteiger partial charge in [0.1, 0.15) is 24.6 Å². The number of fused-ring (bicyclic) bond motifs is 4. The molecule has 5 heterocycles. The highest BCUT2D eigenvalue weighted by atomic mass is 32.2. The number of ether oxygens (including phenoxy) is 3. The molecule has 1 amide bonds. The van der Waals surface area contributed by atoms with Gasteiger partial charge in [0.2, 0.25) is 22.3 Å². The zero-order chi connectivity index (χ0) is 35.8. The van der Waals surface area contributed by atoms with Crippen LogP contribution in [0.5, 0.6) is 5.88 Å². The molecule has 268 valence electrons. The van der Waals surface area contributed by atoms with Crippen LogP contribution in [0.3, 0.4) is 0 Å². The summed E-state index contributed by atoms with van der Waals surface area (Å²) in [4.78, 5) is 29.4. The molecule has 0 N–H and O–H groups in total. The van der Waals surface area contributed by atoms with Crippen molar-refractivity contribution in [3.63, 3.8) is 0 Å². The lowest BCUT2D eigenvalue weighted by atomic mass is 9.93. The quantitative estimate of drug-likeness (QED) is 0.148. The lowest BCUT2D eigenvalue weighted by molar-refractivity contribution is -0.0366. The fourth-order valence-corrected chi connectivity index (χ4v) is 8.07. The lowest BCUT2D eigenvalue weighted by Crippen LogP contribution is -2.57. The van der Waals surface area contributed by atoms with E-state index in [0.717, 1.165) is 64.9 Å². The number of piperazine rings is 1. The summed E-state index contributed by atoms with van der Waals surface area (Å²) in [6, 6.07) is 19.3. The summed E-state index contributed by atoms with van der Waals surface area (Å²) >= 11 is 0. The number of carbonyl (C=O) groups is 1. The van der Waals surface area contributed by atoms with Gasteiger partial charge < -0.3 is 24.0 Å². The number of nitrogens with zero attached hydrogens (tertiary/aromatic N) is 7. The van der Waals surface area contributed by atoms with E-state index in [-0.39, 0.29) is 43.5 Å². The van der Waals surface area contributed by atoms with E-state index in [1.165, 1.54) is 0 Å². The molecule has 13 nitrogen and oxygen atoms in total. The van der Waals surface area contributed by atoms with Gasteiger partial charge in [0.15, 0.2) is 6.23 Å². The number of benzene rings is 3. The molecule has 2 fully saturated rings. The number of amides is 1. The van der Waals surface area contributed by atoms with Gasteiger partial charge in [-0.1, -0.05) is 54.6 Å². The first-order chi connectivity index (χ1) is 25.3. The second kappa shape index (κ2) is 14.0. The molecule has 3 aliphatic heterocycles. The first-order valence-electron chi connectivity index (χ1n) is 17.6. The monoisotopic (exact) mass is 721 g/mol. The lowest BCUT2D eigenvalue weighted by Gasteiger charge is -2.40. The highest BCUT2D eigenvalue weighted by Gasteiger charge is 2.37. The molecular formula is C38H39N7O6S. The van der Waals surface area contributed by atoms with Gasteiger partial charge >= 0.3 is 6.09 Å². The van der Waals surface area contributed by atoms with Crippen molar-refractivity contribution in [1.29, 1.82) is 0 Å². The molecule has 0 saturated carbocycles. The Balaban J connectivity index is 1.09. The number of anilines is 1. The van der Waals surface area contributed by atoms with Crippen molar-refractivity contribution < 1.29 is 27.4 Å². The molecular weight excluding hydrogens is 683 g/mol. The summed E-state index contributed by atoms with van der Waals surface area (Å²) in [5, 5.41) is 7.52. The number of hydrogen-bond donors (Lipinski definition) is 0. The van der Waals surface area contributed by atoms with Gasteiger partial charge in [0, 0.05) is 43.4 Å². The Labute approximate surface area is 301 Å². The first kappa shape index (κ1) is 33.9. The molecule has 52 heavy (non-hydrogen) atoms. The van der Waals surface area contributed by atoms with E-state index in [4.69, 9.17) is 25.9 Å². The van der Waals surface area contributed by atoms with Crippen molar-refractivity contribution in [3.05, 3.63) is 95.0 Å². The topological polar surface area (TPSA) is 133 Å². The van der Waals surface area contributed by atoms with E-state index in [2.05, 4.69) is 39.1 Å². The third-order valence-corrected chi connectivity index (χ3v) is 11.0. The molecule has 0 bridgehead atoms.